The van der Waals surface area contributed by atoms with Gasteiger partial charge in [0.05, 0.1) is 11.0 Å². The Morgan fingerprint density at radius 1 is 1.38 bits per heavy atom. The maximum Gasteiger partial charge on any atom is 0.157 e. The molecule has 0 spiro atoms. The van der Waals surface area contributed by atoms with Gasteiger partial charge in [-0.05, 0) is 19.3 Å². The molecule has 3 heteroatoms. The summed E-state index contributed by atoms with van der Waals surface area (Å²) in [6.07, 6.45) is 4.30. The minimum Gasteiger partial charge on any atom is -0.353 e. The van der Waals surface area contributed by atoms with Crippen molar-refractivity contribution in [1.82, 2.24) is 0 Å². The van der Waals surface area contributed by atoms with E-state index in [1.807, 2.05) is 0 Å². The van der Waals surface area contributed by atoms with Crippen molar-refractivity contribution in [3.05, 3.63) is 0 Å². The molecule has 0 aromatic rings. The third-order valence-electron chi connectivity index (χ3n) is 1.86. The van der Waals surface area contributed by atoms with Gasteiger partial charge in [-0.15, -0.1) is 5.92 Å². The first-order valence-corrected chi connectivity index (χ1v) is 6.21. The second kappa shape index (κ2) is 7.60. The molecule has 0 aromatic carbocycles. The molecule has 0 bridgehead atoms. The van der Waals surface area contributed by atoms with Crippen LogP contribution in [0.5, 0.6) is 0 Å². The second-order valence-corrected chi connectivity index (χ2v) is 3.67. The summed E-state index contributed by atoms with van der Waals surface area (Å²) in [5.74, 6) is 6.04. The van der Waals surface area contributed by atoms with Crippen LogP contribution in [0, 0.1) is 11.8 Å². The lowest BCUT2D eigenvalue weighted by Crippen LogP contribution is -2.22. The molecule has 1 rings (SSSR count). The van der Waals surface area contributed by atoms with Crippen molar-refractivity contribution in [2.24, 2.45) is 0 Å². The van der Waals surface area contributed by atoms with E-state index in [0.29, 0.717) is 6.61 Å². The smallest absolute Gasteiger partial charge is 0.157 e. The van der Waals surface area contributed by atoms with E-state index in [1.54, 1.807) is 0 Å². The van der Waals surface area contributed by atoms with E-state index in [9.17, 15) is 0 Å². The van der Waals surface area contributed by atoms with Crippen LogP contribution in [-0.2, 0) is 9.47 Å². The van der Waals surface area contributed by atoms with Gasteiger partial charge in [0.25, 0.3) is 0 Å². The fourth-order valence-corrected chi connectivity index (χ4v) is 1.49. The molecule has 1 aliphatic rings. The fraction of sp³-hybridized carbons (Fsp3) is 0.800. The number of hydrogen-bond donors (Lipinski definition) is 0. The summed E-state index contributed by atoms with van der Waals surface area (Å²) in [5.41, 5.74) is 0. The number of halogens is 1. The van der Waals surface area contributed by atoms with Crippen LogP contribution in [-0.4, -0.2) is 23.9 Å². The topological polar surface area (TPSA) is 18.5 Å². The molecule has 1 aliphatic heterocycles. The van der Waals surface area contributed by atoms with Gasteiger partial charge in [0.15, 0.2) is 6.29 Å². The van der Waals surface area contributed by atoms with Crippen LogP contribution in [0.15, 0.2) is 0 Å². The number of alkyl halides is 1. The van der Waals surface area contributed by atoms with Crippen LogP contribution in [0.2, 0.25) is 0 Å². The minimum atomic E-state index is 0.0372. The first-order valence-electron chi connectivity index (χ1n) is 4.68. The molecular formula is C10H15IO2. The van der Waals surface area contributed by atoms with Crippen molar-refractivity contribution < 1.29 is 9.47 Å². The Labute approximate surface area is 93.5 Å². The van der Waals surface area contributed by atoms with E-state index < -0.39 is 0 Å². The maximum atomic E-state index is 5.50. The van der Waals surface area contributed by atoms with Crippen LogP contribution in [0.1, 0.15) is 25.7 Å². The standard InChI is InChI=1S/C10H15IO2/c11-7-3-1-4-8-12-10-6-2-5-9-13-10/h10H,2,4-9H2/t10-/m1/s1. The molecule has 0 aromatic heterocycles. The predicted molar refractivity (Wildman–Crippen MR) is 60.8 cm³/mol. The molecule has 1 fully saturated rings. The molecule has 0 radical (unpaired) electrons. The largest absolute Gasteiger partial charge is 0.353 e. The highest BCUT2D eigenvalue weighted by Gasteiger charge is 2.12. The average Bonchev–Trinajstić information content (AvgIpc) is 2.19. The Hall–Kier alpha value is 0.210. The Morgan fingerprint density at radius 3 is 3.00 bits per heavy atom. The first-order chi connectivity index (χ1) is 6.43. The Balaban J connectivity index is 1.98. The van der Waals surface area contributed by atoms with Crippen LogP contribution in [0.3, 0.4) is 0 Å². The van der Waals surface area contributed by atoms with Crippen molar-refractivity contribution in [3.63, 3.8) is 0 Å². The zero-order valence-corrected chi connectivity index (χ0v) is 9.88. The lowest BCUT2D eigenvalue weighted by Gasteiger charge is -2.22. The maximum absolute atomic E-state index is 5.50. The summed E-state index contributed by atoms with van der Waals surface area (Å²) >= 11 is 2.24. The number of ether oxygens (including phenoxy) is 2. The molecular weight excluding hydrogens is 279 g/mol. The number of rotatable bonds is 3. The van der Waals surface area contributed by atoms with E-state index in [0.717, 1.165) is 23.9 Å². The molecule has 0 unspecified atom stereocenters. The van der Waals surface area contributed by atoms with E-state index >= 15 is 0 Å². The zero-order valence-electron chi connectivity index (χ0n) is 7.72. The van der Waals surface area contributed by atoms with Crippen molar-refractivity contribution in [2.45, 2.75) is 32.0 Å². The van der Waals surface area contributed by atoms with Gasteiger partial charge < -0.3 is 9.47 Å². The SMILES string of the molecule is ICC#CCCO[C@H]1CCCCO1. The summed E-state index contributed by atoms with van der Waals surface area (Å²) in [4.78, 5) is 0. The fourth-order valence-electron chi connectivity index (χ4n) is 1.22. The van der Waals surface area contributed by atoms with Crippen LogP contribution in [0.4, 0.5) is 0 Å². The first kappa shape index (κ1) is 11.3. The Bertz CT molecular complexity index is 177. The molecule has 1 atom stereocenters. The van der Waals surface area contributed by atoms with E-state index in [2.05, 4.69) is 34.4 Å². The van der Waals surface area contributed by atoms with E-state index in [-0.39, 0.29) is 6.29 Å². The van der Waals surface area contributed by atoms with Crippen LogP contribution in [0.25, 0.3) is 0 Å². The summed E-state index contributed by atoms with van der Waals surface area (Å²) in [6, 6.07) is 0. The van der Waals surface area contributed by atoms with E-state index in [1.165, 1.54) is 12.8 Å². The summed E-state index contributed by atoms with van der Waals surface area (Å²) in [5, 5.41) is 0. The van der Waals surface area contributed by atoms with Crippen LogP contribution < -0.4 is 0 Å². The van der Waals surface area contributed by atoms with Gasteiger partial charge in [0.1, 0.15) is 0 Å². The second-order valence-electron chi connectivity index (χ2n) is 2.90. The van der Waals surface area contributed by atoms with Gasteiger partial charge in [0, 0.05) is 13.0 Å². The Kier molecular flexibility index (Phi) is 6.60. The molecule has 2 nitrogen and oxygen atoms in total. The zero-order chi connectivity index (χ0) is 9.36. The molecule has 0 saturated carbocycles. The lowest BCUT2D eigenvalue weighted by atomic mass is 10.2. The molecule has 1 saturated heterocycles. The molecule has 0 N–H and O–H groups in total. The highest BCUT2D eigenvalue weighted by atomic mass is 127. The highest BCUT2D eigenvalue weighted by molar-refractivity contribution is 14.1. The molecule has 0 amide bonds. The average molecular weight is 294 g/mol. The Morgan fingerprint density at radius 2 is 2.31 bits per heavy atom. The predicted octanol–water partition coefficient (Wildman–Crippen LogP) is 2.36. The van der Waals surface area contributed by atoms with Gasteiger partial charge in [-0.2, -0.15) is 0 Å². The van der Waals surface area contributed by atoms with Crippen molar-refractivity contribution >= 4 is 22.6 Å². The van der Waals surface area contributed by atoms with Crippen LogP contribution >= 0.6 is 22.6 Å². The summed E-state index contributed by atoms with van der Waals surface area (Å²) in [6.45, 7) is 1.55. The quantitative estimate of drug-likeness (QED) is 0.344. The third kappa shape index (κ3) is 5.50. The molecule has 0 aliphatic carbocycles. The molecule has 13 heavy (non-hydrogen) atoms. The van der Waals surface area contributed by atoms with Gasteiger partial charge in [-0.1, -0.05) is 28.5 Å². The van der Waals surface area contributed by atoms with Crippen molar-refractivity contribution in [2.75, 3.05) is 17.6 Å². The van der Waals surface area contributed by atoms with Crippen molar-refractivity contribution in [3.8, 4) is 11.8 Å². The normalized spacial score (nSPS) is 22.1. The highest BCUT2D eigenvalue weighted by Crippen LogP contribution is 2.13. The monoisotopic (exact) mass is 294 g/mol. The van der Waals surface area contributed by atoms with E-state index in [4.69, 9.17) is 9.47 Å². The third-order valence-corrected chi connectivity index (χ3v) is 2.24. The summed E-state index contributed by atoms with van der Waals surface area (Å²) < 4.78 is 11.8. The van der Waals surface area contributed by atoms with Gasteiger partial charge in [0.2, 0.25) is 0 Å². The van der Waals surface area contributed by atoms with Crippen molar-refractivity contribution in [1.29, 1.82) is 0 Å². The number of hydrogen-bond acceptors (Lipinski definition) is 2. The molecule has 74 valence electrons. The van der Waals surface area contributed by atoms with Gasteiger partial charge in [-0.25, -0.2) is 0 Å². The van der Waals surface area contributed by atoms with Gasteiger partial charge in [-0.3, -0.25) is 0 Å². The van der Waals surface area contributed by atoms with Gasteiger partial charge >= 0.3 is 0 Å². The summed E-state index contributed by atoms with van der Waals surface area (Å²) in [7, 11) is 0. The lowest BCUT2D eigenvalue weighted by molar-refractivity contribution is -0.161. The minimum absolute atomic E-state index is 0.0372. The molecule has 1 heterocycles.